The van der Waals surface area contributed by atoms with Crippen LogP contribution in [-0.2, 0) is 4.74 Å². The molecule has 0 radical (unpaired) electrons. The largest absolute Gasteiger partial charge is 0.385 e. The highest BCUT2D eigenvalue weighted by molar-refractivity contribution is 6.04. The molecule has 5 nitrogen and oxygen atoms in total. The van der Waals surface area contributed by atoms with Gasteiger partial charge in [0.05, 0.1) is 0 Å². The number of hydrogen-bond acceptors (Lipinski definition) is 4. The minimum absolute atomic E-state index is 0.181. The minimum atomic E-state index is -1.02. The fourth-order valence-electron chi connectivity index (χ4n) is 1.88. The maximum Gasteiger partial charge on any atom is 0.255 e. The number of carbonyl (C=O) groups is 1. The van der Waals surface area contributed by atoms with Gasteiger partial charge in [0.1, 0.15) is 5.82 Å². The van der Waals surface area contributed by atoms with Crippen LogP contribution in [-0.4, -0.2) is 31.2 Å². The molecule has 0 saturated heterocycles. The van der Waals surface area contributed by atoms with Gasteiger partial charge >= 0.3 is 0 Å². The molecule has 0 aliphatic carbocycles. The Morgan fingerprint density at radius 2 is 2.04 bits per heavy atom. The molecule has 1 aromatic carbocycles. The first kappa shape index (κ1) is 16.8. The molecule has 0 aliphatic heterocycles. The lowest BCUT2D eigenvalue weighted by Gasteiger charge is -2.08. The Bertz CT molecular complexity index is 680. The van der Waals surface area contributed by atoms with Gasteiger partial charge in [-0.15, -0.1) is 0 Å². The molecule has 0 spiro atoms. The normalized spacial score (nSPS) is 10.4. The standard InChI is InChI=1S/C16H17F2N3O2/c1-23-8-2-6-19-15-9-11(5-7-20-15)16(22)21-12-3-4-13(17)14(18)10-12/h3-5,7,9-10H,2,6,8H2,1H3,(H,19,20)(H,21,22). The number of nitrogens with zero attached hydrogens (tertiary/aromatic N) is 1. The van der Waals surface area contributed by atoms with Crippen molar-refractivity contribution < 1.29 is 18.3 Å². The number of nitrogens with one attached hydrogen (secondary N) is 2. The summed E-state index contributed by atoms with van der Waals surface area (Å²) in [4.78, 5) is 16.2. The van der Waals surface area contributed by atoms with E-state index in [9.17, 15) is 13.6 Å². The van der Waals surface area contributed by atoms with Gasteiger partial charge in [-0.2, -0.15) is 0 Å². The number of pyridine rings is 1. The van der Waals surface area contributed by atoms with Crippen LogP contribution >= 0.6 is 0 Å². The van der Waals surface area contributed by atoms with Crippen LogP contribution in [0.4, 0.5) is 20.3 Å². The SMILES string of the molecule is COCCCNc1cc(C(=O)Nc2ccc(F)c(F)c2)ccn1. The highest BCUT2D eigenvalue weighted by Gasteiger charge is 2.09. The summed E-state index contributed by atoms with van der Waals surface area (Å²) in [6, 6.07) is 6.30. The highest BCUT2D eigenvalue weighted by atomic mass is 19.2. The summed E-state index contributed by atoms with van der Waals surface area (Å²) in [5, 5.41) is 5.58. The molecule has 2 N–H and O–H groups in total. The molecule has 1 amide bonds. The Labute approximate surface area is 132 Å². The van der Waals surface area contributed by atoms with Gasteiger partial charge in [-0.3, -0.25) is 4.79 Å². The van der Waals surface area contributed by atoms with E-state index in [1.165, 1.54) is 18.3 Å². The molecule has 0 unspecified atom stereocenters. The topological polar surface area (TPSA) is 63.2 Å². The molecule has 7 heteroatoms. The fraction of sp³-hybridized carbons (Fsp3) is 0.250. The van der Waals surface area contributed by atoms with Crippen LogP contribution in [0.5, 0.6) is 0 Å². The molecule has 2 aromatic rings. The zero-order valence-corrected chi connectivity index (χ0v) is 12.6. The van der Waals surface area contributed by atoms with Crippen molar-refractivity contribution in [2.24, 2.45) is 0 Å². The maximum atomic E-state index is 13.1. The van der Waals surface area contributed by atoms with Gasteiger partial charge in [-0.05, 0) is 30.7 Å². The Morgan fingerprint density at radius 3 is 2.78 bits per heavy atom. The monoisotopic (exact) mass is 321 g/mol. The van der Waals surface area contributed by atoms with Gasteiger partial charge < -0.3 is 15.4 Å². The average Bonchev–Trinajstić information content (AvgIpc) is 2.55. The molecule has 0 aliphatic rings. The fourth-order valence-corrected chi connectivity index (χ4v) is 1.88. The number of rotatable bonds is 7. The third-order valence-electron chi connectivity index (χ3n) is 3.03. The van der Waals surface area contributed by atoms with Gasteiger partial charge in [0.2, 0.25) is 0 Å². The van der Waals surface area contributed by atoms with E-state index in [1.54, 1.807) is 13.2 Å². The van der Waals surface area contributed by atoms with Crippen LogP contribution in [0.15, 0.2) is 36.5 Å². The van der Waals surface area contributed by atoms with Crippen molar-refractivity contribution in [1.82, 2.24) is 4.98 Å². The van der Waals surface area contributed by atoms with E-state index in [0.29, 0.717) is 24.5 Å². The molecule has 1 heterocycles. The van der Waals surface area contributed by atoms with E-state index in [1.807, 2.05) is 0 Å². The number of ether oxygens (including phenoxy) is 1. The molecule has 0 fully saturated rings. The van der Waals surface area contributed by atoms with Crippen molar-refractivity contribution in [1.29, 1.82) is 0 Å². The minimum Gasteiger partial charge on any atom is -0.385 e. The Balaban J connectivity index is 2.00. The van der Waals surface area contributed by atoms with E-state index < -0.39 is 17.5 Å². The molecular weight excluding hydrogens is 304 g/mol. The summed E-state index contributed by atoms with van der Waals surface area (Å²) in [5.41, 5.74) is 0.541. The van der Waals surface area contributed by atoms with Gasteiger partial charge in [-0.1, -0.05) is 0 Å². The zero-order chi connectivity index (χ0) is 16.7. The first-order valence-corrected chi connectivity index (χ1v) is 7.05. The highest BCUT2D eigenvalue weighted by Crippen LogP contribution is 2.15. The lowest BCUT2D eigenvalue weighted by atomic mass is 10.2. The third-order valence-corrected chi connectivity index (χ3v) is 3.03. The zero-order valence-electron chi connectivity index (χ0n) is 12.6. The van der Waals surface area contributed by atoms with Crippen molar-refractivity contribution in [2.75, 3.05) is 30.9 Å². The van der Waals surface area contributed by atoms with Gasteiger partial charge in [-0.25, -0.2) is 13.8 Å². The maximum absolute atomic E-state index is 13.1. The summed E-state index contributed by atoms with van der Waals surface area (Å²) >= 11 is 0. The molecule has 2 rings (SSSR count). The molecule has 0 bridgehead atoms. The number of hydrogen-bond donors (Lipinski definition) is 2. The Morgan fingerprint density at radius 1 is 1.22 bits per heavy atom. The average molecular weight is 321 g/mol. The van der Waals surface area contributed by atoms with E-state index in [0.717, 1.165) is 18.6 Å². The van der Waals surface area contributed by atoms with Crippen LogP contribution in [0.25, 0.3) is 0 Å². The van der Waals surface area contributed by atoms with Crippen LogP contribution in [0.2, 0.25) is 0 Å². The first-order chi connectivity index (χ1) is 11.1. The number of halogens is 2. The predicted molar refractivity (Wildman–Crippen MR) is 83.5 cm³/mol. The van der Waals surface area contributed by atoms with Crippen molar-refractivity contribution in [3.63, 3.8) is 0 Å². The van der Waals surface area contributed by atoms with Crippen molar-refractivity contribution >= 4 is 17.4 Å². The van der Waals surface area contributed by atoms with Crippen LogP contribution < -0.4 is 10.6 Å². The number of carbonyl (C=O) groups excluding carboxylic acids is 1. The van der Waals surface area contributed by atoms with Crippen LogP contribution in [0.1, 0.15) is 16.8 Å². The smallest absolute Gasteiger partial charge is 0.255 e. The predicted octanol–water partition coefficient (Wildman–Crippen LogP) is 3.06. The van der Waals surface area contributed by atoms with Crippen molar-refractivity contribution in [3.8, 4) is 0 Å². The van der Waals surface area contributed by atoms with E-state index in [-0.39, 0.29) is 5.69 Å². The van der Waals surface area contributed by atoms with Crippen molar-refractivity contribution in [3.05, 3.63) is 53.7 Å². The third kappa shape index (κ3) is 5.00. The van der Waals surface area contributed by atoms with Gasteiger partial charge in [0.15, 0.2) is 11.6 Å². The van der Waals surface area contributed by atoms with Gasteiger partial charge in [0.25, 0.3) is 5.91 Å². The molecule has 23 heavy (non-hydrogen) atoms. The second-order valence-electron chi connectivity index (χ2n) is 4.79. The number of benzene rings is 1. The summed E-state index contributed by atoms with van der Waals surface area (Å²) in [7, 11) is 1.63. The number of aromatic nitrogens is 1. The lowest BCUT2D eigenvalue weighted by molar-refractivity contribution is 0.102. The molecule has 0 saturated carbocycles. The summed E-state index contributed by atoms with van der Waals surface area (Å²) in [5.74, 6) is -1.86. The molecule has 0 atom stereocenters. The summed E-state index contributed by atoms with van der Waals surface area (Å²) < 4.78 is 31.0. The number of amides is 1. The van der Waals surface area contributed by atoms with E-state index in [4.69, 9.17) is 4.74 Å². The quantitative estimate of drug-likeness (QED) is 0.769. The summed E-state index contributed by atoms with van der Waals surface area (Å²) in [6.07, 6.45) is 2.31. The van der Waals surface area contributed by atoms with Crippen LogP contribution in [0, 0.1) is 11.6 Å². The lowest BCUT2D eigenvalue weighted by Crippen LogP contribution is -2.13. The van der Waals surface area contributed by atoms with Crippen molar-refractivity contribution in [2.45, 2.75) is 6.42 Å². The first-order valence-electron chi connectivity index (χ1n) is 7.05. The number of methoxy groups -OCH3 is 1. The number of anilines is 2. The molecular formula is C16H17F2N3O2. The Hall–Kier alpha value is -2.54. The second kappa shape index (κ2) is 8.19. The molecule has 1 aromatic heterocycles. The summed E-state index contributed by atoms with van der Waals surface area (Å²) in [6.45, 7) is 1.29. The second-order valence-corrected chi connectivity index (χ2v) is 4.79. The van der Waals surface area contributed by atoms with E-state index in [2.05, 4.69) is 15.6 Å². The molecule has 122 valence electrons. The Kier molecular flexibility index (Phi) is 5.99. The van der Waals surface area contributed by atoms with Gasteiger partial charge in [0, 0.05) is 43.8 Å². The van der Waals surface area contributed by atoms with E-state index >= 15 is 0 Å². The van der Waals surface area contributed by atoms with Crippen LogP contribution in [0.3, 0.4) is 0 Å².